The van der Waals surface area contributed by atoms with Gasteiger partial charge >= 0.3 is 5.97 Å². The molecule has 0 radical (unpaired) electrons. The van der Waals surface area contributed by atoms with Crippen LogP contribution in [-0.4, -0.2) is 23.5 Å². The van der Waals surface area contributed by atoms with Crippen LogP contribution in [0.2, 0.25) is 0 Å². The second kappa shape index (κ2) is 7.04. The minimum atomic E-state index is -0.847. The molecule has 0 bridgehead atoms. The first-order valence-corrected chi connectivity index (χ1v) is 7.17. The van der Waals surface area contributed by atoms with Crippen LogP contribution in [0.1, 0.15) is 15.9 Å². The lowest BCUT2D eigenvalue weighted by Gasteiger charge is -2.08. The Kier molecular flexibility index (Phi) is 5.11. The lowest BCUT2D eigenvalue weighted by molar-refractivity contribution is -0.119. The van der Waals surface area contributed by atoms with Gasteiger partial charge in [-0.05, 0) is 52.7 Å². The number of carbonyl (C=O) groups is 2. The van der Waals surface area contributed by atoms with Crippen molar-refractivity contribution in [2.75, 3.05) is 11.9 Å². The summed E-state index contributed by atoms with van der Waals surface area (Å²) < 4.78 is 5.55. The summed E-state index contributed by atoms with van der Waals surface area (Å²) in [5.74, 6) is -1.34. The zero-order valence-electron chi connectivity index (χ0n) is 11.7. The van der Waals surface area contributed by atoms with E-state index in [1.807, 2.05) is 19.1 Å². The molecule has 0 aliphatic rings. The van der Waals surface area contributed by atoms with Gasteiger partial charge in [-0.1, -0.05) is 6.07 Å². The lowest BCUT2D eigenvalue weighted by Crippen LogP contribution is -2.24. The van der Waals surface area contributed by atoms with E-state index in [9.17, 15) is 14.4 Å². The van der Waals surface area contributed by atoms with Gasteiger partial charge in [-0.2, -0.15) is 0 Å². The fourth-order valence-electron chi connectivity index (χ4n) is 1.70. The van der Waals surface area contributed by atoms with E-state index in [-0.39, 0.29) is 5.56 Å². The number of aryl methyl sites for hydroxylation is 1. The minimum absolute atomic E-state index is 0.146. The van der Waals surface area contributed by atoms with Crippen LogP contribution >= 0.6 is 15.9 Å². The summed E-state index contributed by atoms with van der Waals surface area (Å²) in [6, 6.07) is 8.26. The van der Waals surface area contributed by atoms with Crippen molar-refractivity contribution in [2.45, 2.75) is 6.92 Å². The molecule has 1 aromatic carbocycles. The number of benzene rings is 1. The van der Waals surface area contributed by atoms with E-state index in [1.165, 1.54) is 18.3 Å². The van der Waals surface area contributed by atoms with Crippen molar-refractivity contribution >= 4 is 33.5 Å². The molecule has 2 aromatic rings. The molecular weight excluding hydrogens is 352 g/mol. The highest BCUT2D eigenvalue weighted by atomic mass is 79.9. The molecule has 0 fully saturated rings. The highest BCUT2D eigenvalue weighted by Crippen LogP contribution is 2.23. The molecule has 22 heavy (non-hydrogen) atoms. The number of hydrogen-bond donors (Lipinski definition) is 2. The summed E-state index contributed by atoms with van der Waals surface area (Å²) >= 11 is 3.33. The van der Waals surface area contributed by atoms with Gasteiger partial charge in [0.25, 0.3) is 11.5 Å². The number of esters is 1. The molecular formula is C15H13BrN2O4. The van der Waals surface area contributed by atoms with Crippen LogP contribution in [0.3, 0.4) is 0 Å². The number of anilines is 1. The van der Waals surface area contributed by atoms with Crippen LogP contribution in [-0.2, 0) is 9.53 Å². The average molecular weight is 365 g/mol. The summed E-state index contributed by atoms with van der Waals surface area (Å²) in [4.78, 5) is 37.2. The van der Waals surface area contributed by atoms with Gasteiger partial charge in [0, 0.05) is 10.7 Å². The Morgan fingerprint density at radius 1 is 1.32 bits per heavy atom. The van der Waals surface area contributed by atoms with E-state index in [0.717, 1.165) is 10.0 Å². The number of aromatic nitrogens is 1. The number of hydrogen-bond acceptors (Lipinski definition) is 4. The number of amides is 1. The number of carbonyl (C=O) groups excluding carboxylic acids is 2. The normalized spacial score (nSPS) is 10.1. The lowest BCUT2D eigenvalue weighted by atomic mass is 10.2. The van der Waals surface area contributed by atoms with Gasteiger partial charge in [-0.15, -0.1) is 0 Å². The predicted octanol–water partition coefficient (Wildman–Crippen LogP) is 2.24. The zero-order valence-corrected chi connectivity index (χ0v) is 13.3. The second-order valence-corrected chi connectivity index (χ2v) is 5.37. The Balaban J connectivity index is 1.94. The van der Waals surface area contributed by atoms with Gasteiger partial charge in [-0.3, -0.25) is 9.59 Å². The van der Waals surface area contributed by atoms with Crippen molar-refractivity contribution in [1.29, 1.82) is 0 Å². The average Bonchev–Trinajstić information content (AvgIpc) is 2.48. The molecule has 0 saturated heterocycles. The molecule has 0 unspecified atom stereocenters. The third kappa shape index (κ3) is 4.05. The topological polar surface area (TPSA) is 88.3 Å². The summed E-state index contributed by atoms with van der Waals surface area (Å²) in [6.07, 6.45) is 1.40. The van der Waals surface area contributed by atoms with Crippen LogP contribution in [0.4, 0.5) is 5.69 Å². The van der Waals surface area contributed by atoms with E-state index >= 15 is 0 Å². The smallest absolute Gasteiger partial charge is 0.344 e. The molecule has 1 amide bonds. The van der Waals surface area contributed by atoms with E-state index in [2.05, 4.69) is 26.2 Å². The number of rotatable bonds is 4. The maximum absolute atomic E-state index is 11.8. The standard InChI is InChI=1S/C15H13BrN2O4/c1-9-4-5-12(11(16)7-9)18-13(19)8-22-15(21)10-3-2-6-17-14(10)20/h2-7H,8H2,1H3,(H,17,20)(H,18,19). The Morgan fingerprint density at radius 2 is 2.09 bits per heavy atom. The van der Waals surface area contributed by atoms with Gasteiger partial charge in [-0.25, -0.2) is 4.79 Å². The van der Waals surface area contributed by atoms with Crippen molar-refractivity contribution in [3.63, 3.8) is 0 Å². The quantitative estimate of drug-likeness (QED) is 0.814. The fourth-order valence-corrected chi connectivity index (χ4v) is 2.29. The Labute approximate surface area is 134 Å². The Hall–Kier alpha value is -2.41. The molecule has 1 aromatic heterocycles. The molecule has 0 aliphatic carbocycles. The van der Waals surface area contributed by atoms with Crippen LogP contribution in [0.15, 0.2) is 45.8 Å². The molecule has 1 heterocycles. The number of aromatic amines is 1. The third-order valence-corrected chi connectivity index (χ3v) is 3.43. The maximum atomic E-state index is 11.8. The first-order chi connectivity index (χ1) is 10.5. The number of ether oxygens (including phenoxy) is 1. The molecule has 7 heteroatoms. The van der Waals surface area contributed by atoms with Crippen molar-refractivity contribution in [1.82, 2.24) is 4.98 Å². The number of nitrogens with one attached hydrogen (secondary N) is 2. The molecule has 0 saturated carbocycles. The second-order valence-electron chi connectivity index (χ2n) is 4.52. The zero-order chi connectivity index (χ0) is 16.1. The first-order valence-electron chi connectivity index (χ1n) is 6.38. The van der Waals surface area contributed by atoms with Gasteiger partial charge in [0.05, 0.1) is 5.69 Å². The molecule has 114 valence electrons. The number of H-pyrrole nitrogens is 1. The first kappa shape index (κ1) is 16.0. The SMILES string of the molecule is Cc1ccc(NC(=O)COC(=O)c2ccc[nH]c2=O)c(Br)c1. The van der Waals surface area contributed by atoms with Crippen LogP contribution in [0.5, 0.6) is 0 Å². The largest absolute Gasteiger partial charge is 0.452 e. The van der Waals surface area contributed by atoms with Crippen LogP contribution < -0.4 is 10.9 Å². The number of pyridine rings is 1. The summed E-state index contributed by atoms with van der Waals surface area (Å²) in [7, 11) is 0. The van der Waals surface area contributed by atoms with E-state index < -0.39 is 24.0 Å². The van der Waals surface area contributed by atoms with Gasteiger partial charge in [0.2, 0.25) is 0 Å². The number of halogens is 1. The maximum Gasteiger partial charge on any atom is 0.344 e. The molecule has 2 N–H and O–H groups in total. The summed E-state index contributed by atoms with van der Waals surface area (Å²) in [6.45, 7) is 1.45. The molecule has 0 spiro atoms. The highest BCUT2D eigenvalue weighted by Gasteiger charge is 2.14. The van der Waals surface area contributed by atoms with Gasteiger partial charge in [0.1, 0.15) is 5.56 Å². The molecule has 2 rings (SSSR count). The van der Waals surface area contributed by atoms with Crippen molar-refractivity contribution in [3.8, 4) is 0 Å². The minimum Gasteiger partial charge on any atom is -0.452 e. The summed E-state index contributed by atoms with van der Waals surface area (Å²) in [5.41, 5.74) is 0.907. The molecule has 0 aliphatic heterocycles. The van der Waals surface area contributed by atoms with E-state index in [0.29, 0.717) is 5.69 Å². The predicted molar refractivity (Wildman–Crippen MR) is 84.9 cm³/mol. The van der Waals surface area contributed by atoms with Crippen molar-refractivity contribution < 1.29 is 14.3 Å². The summed E-state index contributed by atoms with van der Waals surface area (Å²) in [5, 5.41) is 2.61. The molecule has 0 atom stereocenters. The monoisotopic (exact) mass is 364 g/mol. The Bertz CT molecular complexity index is 770. The van der Waals surface area contributed by atoms with Crippen LogP contribution in [0.25, 0.3) is 0 Å². The van der Waals surface area contributed by atoms with Crippen molar-refractivity contribution in [2.24, 2.45) is 0 Å². The Morgan fingerprint density at radius 3 is 2.77 bits per heavy atom. The van der Waals surface area contributed by atoms with Crippen molar-refractivity contribution in [3.05, 3.63) is 62.5 Å². The molecule has 6 nitrogen and oxygen atoms in total. The van der Waals surface area contributed by atoms with Gasteiger partial charge < -0.3 is 15.0 Å². The van der Waals surface area contributed by atoms with Gasteiger partial charge in [0.15, 0.2) is 6.61 Å². The third-order valence-electron chi connectivity index (χ3n) is 2.77. The van der Waals surface area contributed by atoms with Crippen LogP contribution in [0, 0.1) is 6.92 Å². The van der Waals surface area contributed by atoms with E-state index in [4.69, 9.17) is 4.74 Å². The van der Waals surface area contributed by atoms with E-state index in [1.54, 1.807) is 6.07 Å². The highest BCUT2D eigenvalue weighted by molar-refractivity contribution is 9.10. The fraction of sp³-hybridized carbons (Fsp3) is 0.133.